The molecule has 62 heavy (non-hydrogen) atoms. The molecule has 6 rings (SSSR count). The average molecular weight is 870 g/mol. The van der Waals surface area contributed by atoms with Crippen LogP contribution in [-0.2, 0) is 38.1 Å². The summed E-state index contributed by atoms with van der Waals surface area (Å²) in [5, 5.41) is 34.5. The minimum Gasteiger partial charge on any atom is -0.392 e. The number of aliphatic hydroxyl groups is 3. The molecular weight excluding hydrogens is 795 g/mol. The van der Waals surface area contributed by atoms with Crippen LogP contribution in [-0.4, -0.2) is 98.5 Å². The molecule has 2 unspecified atom stereocenters. The van der Waals surface area contributed by atoms with Crippen LogP contribution in [0.15, 0.2) is 42.5 Å². The highest BCUT2D eigenvalue weighted by Crippen LogP contribution is 2.54. The quantitative estimate of drug-likeness (QED) is 0.118. The molecule has 5 heterocycles. The predicted molar refractivity (Wildman–Crippen MR) is 231 cm³/mol. The fourth-order valence-electron chi connectivity index (χ4n) is 11.3. The number of ketones is 1. The molecule has 1 aromatic rings. The lowest BCUT2D eigenvalue weighted by Gasteiger charge is -2.54. The van der Waals surface area contributed by atoms with Gasteiger partial charge in [-0.25, -0.2) is 4.79 Å². The lowest BCUT2D eigenvalue weighted by molar-refractivity contribution is -0.409. The molecule has 1 amide bonds. The van der Waals surface area contributed by atoms with Crippen LogP contribution in [0.5, 0.6) is 0 Å². The van der Waals surface area contributed by atoms with Crippen LogP contribution in [0.25, 0.3) is 0 Å². The molecule has 18 atom stereocenters. The number of hydrogen-bond donors (Lipinski definition) is 4. The van der Waals surface area contributed by atoms with E-state index in [9.17, 15) is 29.7 Å². The summed E-state index contributed by atoms with van der Waals surface area (Å²) < 4.78 is 33.8. The van der Waals surface area contributed by atoms with E-state index >= 15 is 0 Å². The Morgan fingerprint density at radius 3 is 2.23 bits per heavy atom. The second-order valence-electron chi connectivity index (χ2n) is 19.8. The van der Waals surface area contributed by atoms with Crippen molar-refractivity contribution in [3.63, 3.8) is 0 Å². The van der Waals surface area contributed by atoms with Crippen LogP contribution < -0.4 is 5.48 Å². The minimum absolute atomic E-state index is 0.0130. The molecule has 5 aliphatic rings. The van der Waals surface area contributed by atoms with Crippen molar-refractivity contribution in [2.75, 3.05) is 0 Å². The number of hydrogen-bond acceptors (Lipinski definition) is 12. The zero-order valence-corrected chi connectivity index (χ0v) is 38.7. The van der Waals surface area contributed by atoms with Crippen molar-refractivity contribution in [1.29, 1.82) is 0 Å². The number of aliphatic hydroxyl groups excluding tert-OH is 2. The molecule has 5 aliphatic heterocycles. The lowest BCUT2D eigenvalue weighted by atomic mass is 9.72. The van der Waals surface area contributed by atoms with Gasteiger partial charge in [-0.1, -0.05) is 73.6 Å². The summed E-state index contributed by atoms with van der Waals surface area (Å²) in [4.78, 5) is 45.7. The molecule has 348 valence electrons. The van der Waals surface area contributed by atoms with Gasteiger partial charge in [-0.05, 0) is 108 Å². The number of Topliss-reactive ketones (excluding diaryl/α,β-unsaturated/α-hetero) is 1. The van der Waals surface area contributed by atoms with E-state index in [1.54, 1.807) is 49.4 Å². The van der Waals surface area contributed by atoms with Crippen LogP contribution >= 0.6 is 0 Å². The van der Waals surface area contributed by atoms with E-state index in [2.05, 4.69) is 26.3 Å². The number of amides is 1. The van der Waals surface area contributed by atoms with Gasteiger partial charge in [-0.3, -0.25) is 9.59 Å². The standard InChI is InChI=1S/C49H75NO12/c1-11-35(45(55)60-50-44(54)34-17-15-14-16-18-34)37-20-19-28(4)42(58-37)32(8)40(52)31(7)41(53)36(12-2)43-29(5)27-30(6)48(59-43)24-21-38(51)49(62-48)26-25-46(10,61-49)39-22-23-47(56,13-3)33(9)57-39/h14-18,21,24,28-33,35-40,42-43,51-52,56H,11-13,19-20,22-23,25-27H2,1-10H3,(H,50,54)/t28-,29-,30+,31-,32-,33-,35+,36-,37?,38-,39+,40+,42+,43?,46-,47+,48-,49-/m0/s1. The fourth-order valence-corrected chi connectivity index (χ4v) is 11.3. The van der Waals surface area contributed by atoms with Crippen molar-refractivity contribution in [3.05, 3.63) is 48.0 Å². The SMILES string of the molecule is CC[C@@H](C(=O)ONC(=O)c1ccccc1)C1CC[C@H](C)[C@H]([C@@H](C)[C@H](O)[C@H](C)C(=O)[C@H](CC)C2O[C@]3(C=C[C@H](O)[C@]4(CC[C@@](C)([C@H]5CC[C@](O)(CC)[C@H](C)O5)O4)O3)[C@H](C)C[C@@H]2C)O1. The lowest BCUT2D eigenvalue weighted by Crippen LogP contribution is -2.63. The monoisotopic (exact) mass is 870 g/mol. The normalized spacial score (nSPS) is 41.0. The molecule has 0 aliphatic carbocycles. The summed E-state index contributed by atoms with van der Waals surface area (Å²) in [7, 11) is 0. The molecule has 4 fully saturated rings. The number of benzene rings is 1. The van der Waals surface area contributed by atoms with Crippen LogP contribution in [0.3, 0.4) is 0 Å². The fraction of sp³-hybridized carbons (Fsp3) is 0.776. The molecule has 13 nitrogen and oxygen atoms in total. The summed E-state index contributed by atoms with van der Waals surface area (Å²) >= 11 is 0. The minimum atomic E-state index is -1.39. The topological polar surface area (TPSA) is 179 Å². The molecular formula is C49H75NO12. The largest absolute Gasteiger partial charge is 0.392 e. The van der Waals surface area contributed by atoms with Gasteiger partial charge in [0.1, 0.15) is 11.9 Å². The van der Waals surface area contributed by atoms with Gasteiger partial charge < -0.3 is 43.8 Å². The molecule has 2 spiro atoms. The van der Waals surface area contributed by atoms with E-state index in [4.69, 9.17) is 28.5 Å². The number of hydroxylamine groups is 1. The van der Waals surface area contributed by atoms with Gasteiger partial charge in [-0.15, -0.1) is 0 Å². The number of carbonyl (C=O) groups excluding carboxylic acids is 3. The molecule has 0 radical (unpaired) electrons. The van der Waals surface area contributed by atoms with Gasteiger partial charge in [0.05, 0.1) is 53.7 Å². The third kappa shape index (κ3) is 9.48. The van der Waals surface area contributed by atoms with Crippen molar-refractivity contribution in [2.24, 2.45) is 41.4 Å². The second-order valence-corrected chi connectivity index (χ2v) is 19.8. The van der Waals surface area contributed by atoms with Crippen molar-refractivity contribution < 1.29 is 58.2 Å². The van der Waals surface area contributed by atoms with Crippen molar-refractivity contribution in [3.8, 4) is 0 Å². The van der Waals surface area contributed by atoms with E-state index in [0.717, 1.165) is 6.42 Å². The summed E-state index contributed by atoms with van der Waals surface area (Å²) in [6.45, 7) is 19.6. The molecule has 0 aromatic heterocycles. The van der Waals surface area contributed by atoms with Crippen molar-refractivity contribution >= 4 is 17.7 Å². The highest BCUT2D eigenvalue weighted by atomic mass is 16.8. The first-order valence-electron chi connectivity index (χ1n) is 23.5. The zero-order valence-electron chi connectivity index (χ0n) is 38.7. The number of nitrogens with one attached hydrogen (secondary N) is 1. The Balaban J connectivity index is 1.11. The number of carbonyl (C=O) groups is 3. The number of ether oxygens (including phenoxy) is 5. The van der Waals surface area contributed by atoms with Gasteiger partial charge in [0.2, 0.25) is 5.79 Å². The predicted octanol–water partition coefficient (Wildman–Crippen LogP) is 6.99. The second kappa shape index (κ2) is 19.4. The summed E-state index contributed by atoms with van der Waals surface area (Å²) in [6.07, 6.45) is 5.02. The maximum Gasteiger partial charge on any atom is 0.337 e. The van der Waals surface area contributed by atoms with Gasteiger partial charge in [0.15, 0.2) is 5.79 Å². The van der Waals surface area contributed by atoms with Gasteiger partial charge in [-0.2, -0.15) is 5.48 Å². The third-order valence-corrected chi connectivity index (χ3v) is 15.7. The molecule has 13 heteroatoms. The first kappa shape index (κ1) is 48.7. The molecule has 4 saturated heterocycles. The smallest absolute Gasteiger partial charge is 0.337 e. The summed E-state index contributed by atoms with van der Waals surface area (Å²) in [5.74, 6) is -6.36. The Kier molecular flexibility index (Phi) is 15.2. The van der Waals surface area contributed by atoms with E-state index in [-0.39, 0.29) is 35.7 Å². The Morgan fingerprint density at radius 2 is 1.58 bits per heavy atom. The third-order valence-electron chi connectivity index (χ3n) is 15.7. The van der Waals surface area contributed by atoms with Crippen molar-refractivity contribution in [2.45, 2.75) is 199 Å². The first-order chi connectivity index (χ1) is 29.3. The maximum atomic E-state index is 14.6. The maximum absolute atomic E-state index is 14.6. The van der Waals surface area contributed by atoms with E-state index < -0.39 is 88.8 Å². The van der Waals surface area contributed by atoms with Gasteiger partial charge in [0.25, 0.3) is 5.91 Å². The summed E-state index contributed by atoms with van der Waals surface area (Å²) in [6, 6.07) is 8.51. The van der Waals surface area contributed by atoms with Crippen LogP contribution in [0.2, 0.25) is 0 Å². The first-order valence-corrected chi connectivity index (χ1v) is 23.5. The van der Waals surface area contributed by atoms with Crippen molar-refractivity contribution in [1.82, 2.24) is 5.48 Å². The zero-order chi connectivity index (χ0) is 45.4. The molecule has 4 N–H and O–H groups in total. The Morgan fingerprint density at radius 1 is 0.887 bits per heavy atom. The molecule has 0 saturated carbocycles. The Hall–Kier alpha value is -2.75. The Bertz CT molecular complexity index is 1740. The van der Waals surface area contributed by atoms with Gasteiger partial charge in [0, 0.05) is 35.7 Å². The van der Waals surface area contributed by atoms with E-state index in [0.29, 0.717) is 63.4 Å². The van der Waals surface area contributed by atoms with Gasteiger partial charge >= 0.3 is 5.97 Å². The van der Waals surface area contributed by atoms with E-state index in [1.165, 1.54) is 0 Å². The molecule has 0 bridgehead atoms. The summed E-state index contributed by atoms with van der Waals surface area (Å²) in [5.41, 5.74) is 0.979. The average Bonchev–Trinajstić information content (AvgIpc) is 3.61. The van der Waals surface area contributed by atoms with Crippen LogP contribution in [0.1, 0.15) is 144 Å². The highest BCUT2D eigenvalue weighted by molar-refractivity contribution is 5.94. The highest BCUT2D eigenvalue weighted by Gasteiger charge is 2.63. The number of rotatable bonds is 13. The van der Waals surface area contributed by atoms with Crippen LogP contribution in [0.4, 0.5) is 0 Å². The Labute approximate surface area is 368 Å². The molecule has 1 aromatic carbocycles. The van der Waals surface area contributed by atoms with E-state index in [1.807, 2.05) is 41.5 Å². The van der Waals surface area contributed by atoms with Crippen LogP contribution in [0, 0.1) is 41.4 Å².